The lowest BCUT2D eigenvalue weighted by Crippen LogP contribution is -2.55. The number of likely N-dealkylation sites (N-methyl/N-ethyl adjacent to an activating group) is 1. The number of amides is 1. The minimum absolute atomic E-state index is 0.123. The van der Waals surface area contributed by atoms with Crippen LogP contribution in [0, 0.1) is 10.1 Å². The molecular weight excluding hydrogens is 442 g/mol. The van der Waals surface area contributed by atoms with Gasteiger partial charge >= 0.3 is 0 Å². The highest BCUT2D eigenvalue weighted by molar-refractivity contribution is 5.73. The molecule has 0 heterocycles. The molecule has 0 spiro atoms. The summed E-state index contributed by atoms with van der Waals surface area (Å²) in [5.74, 6) is 0.573. The van der Waals surface area contributed by atoms with Gasteiger partial charge in [0.15, 0.2) is 0 Å². The third kappa shape index (κ3) is 9.44. The maximum absolute atomic E-state index is 12.4. The molecule has 0 aliphatic heterocycles. The van der Waals surface area contributed by atoms with Crippen LogP contribution >= 0.6 is 0 Å². The Balaban J connectivity index is 1.86. The molecule has 0 bridgehead atoms. The minimum Gasteiger partial charge on any atom is -0.491 e. The predicted molar refractivity (Wildman–Crippen MR) is 127 cm³/mol. The average Bonchev–Trinajstić information content (AvgIpc) is 2.77. The van der Waals surface area contributed by atoms with Crippen molar-refractivity contribution in [3.05, 3.63) is 39.9 Å². The first-order chi connectivity index (χ1) is 16.1. The fourth-order valence-electron chi connectivity index (χ4n) is 4.48. The molecule has 0 aromatic heterocycles. The molecule has 10 heteroatoms. The van der Waals surface area contributed by atoms with Crippen LogP contribution in [0.3, 0.4) is 0 Å². The van der Waals surface area contributed by atoms with E-state index in [1.165, 1.54) is 6.92 Å². The largest absolute Gasteiger partial charge is 0.491 e. The number of carbonyl (C=O) groups is 1. The van der Waals surface area contributed by atoms with Crippen molar-refractivity contribution in [1.29, 1.82) is 0 Å². The van der Waals surface area contributed by atoms with Crippen LogP contribution in [-0.2, 0) is 20.8 Å². The highest BCUT2D eigenvalue weighted by Crippen LogP contribution is 2.26. The van der Waals surface area contributed by atoms with Crippen LogP contribution in [0.5, 0.6) is 5.75 Å². The van der Waals surface area contributed by atoms with Gasteiger partial charge in [-0.25, -0.2) is 0 Å². The summed E-state index contributed by atoms with van der Waals surface area (Å²) in [5, 5.41) is 20.7. The summed E-state index contributed by atoms with van der Waals surface area (Å²) in [6.45, 7) is 3.78. The van der Waals surface area contributed by atoms with Gasteiger partial charge in [0.2, 0.25) is 5.91 Å². The Labute approximate surface area is 202 Å². The van der Waals surface area contributed by atoms with E-state index in [4.69, 9.17) is 14.3 Å². The van der Waals surface area contributed by atoms with Crippen molar-refractivity contribution in [1.82, 2.24) is 4.90 Å². The number of hydrogen-bond donors (Lipinski definition) is 1. The standard InChI is InChI=1S/C24H40N3O7/c1-19(28)25(23-7-5-6-8-24(23)34-26(30)31)14-15-27(2,3)17-21(29)18-33-22-11-9-20(10-12-22)13-16-32-4/h9-12,21,23-24,29H,5-8,13-18H2,1-4H3/q+1. The number of methoxy groups -OCH3 is 1. The minimum atomic E-state index is -0.759. The van der Waals surface area contributed by atoms with Crippen molar-refractivity contribution in [3.8, 4) is 5.75 Å². The van der Waals surface area contributed by atoms with Crippen LogP contribution in [0.2, 0.25) is 0 Å². The SMILES string of the molecule is COCCc1ccc(OCC(O)C[N+](C)(C)CCN(C(C)=O)C2CCCCC2O[N+](=O)[O-])cc1. The van der Waals surface area contributed by atoms with Crippen molar-refractivity contribution in [2.45, 2.75) is 57.3 Å². The molecule has 34 heavy (non-hydrogen) atoms. The molecule has 1 fully saturated rings. The van der Waals surface area contributed by atoms with Gasteiger partial charge in [0.1, 0.15) is 31.1 Å². The van der Waals surface area contributed by atoms with Crippen molar-refractivity contribution < 1.29 is 33.8 Å². The van der Waals surface area contributed by atoms with Gasteiger partial charge in [-0.15, -0.1) is 10.1 Å². The maximum Gasteiger partial charge on any atom is 0.294 e. The number of carbonyl (C=O) groups excluding carboxylic acids is 1. The molecule has 1 aliphatic carbocycles. The fraction of sp³-hybridized carbons (Fsp3) is 0.708. The maximum atomic E-state index is 12.4. The lowest BCUT2D eigenvalue weighted by atomic mass is 9.91. The van der Waals surface area contributed by atoms with E-state index in [1.54, 1.807) is 12.0 Å². The van der Waals surface area contributed by atoms with Gasteiger partial charge in [0.05, 0.1) is 39.8 Å². The van der Waals surface area contributed by atoms with Crippen LogP contribution in [0.25, 0.3) is 0 Å². The summed E-state index contributed by atoms with van der Waals surface area (Å²) in [6.07, 6.45) is 2.57. The predicted octanol–water partition coefficient (Wildman–Crippen LogP) is 2.06. The van der Waals surface area contributed by atoms with E-state index in [1.807, 2.05) is 38.4 Å². The normalized spacial score (nSPS) is 19.3. The second kappa shape index (κ2) is 13.5. The van der Waals surface area contributed by atoms with Gasteiger partial charge < -0.3 is 28.8 Å². The zero-order valence-corrected chi connectivity index (χ0v) is 20.9. The Morgan fingerprint density at radius 1 is 1.26 bits per heavy atom. The van der Waals surface area contributed by atoms with Crippen molar-refractivity contribution in [2.24, 2.45) is 0 Å². The van der Waals surface area contributed by atoms with Crippen LogP contribution in [0.4, 0.5) is 0 Å². The summed E-state index contributed by atoms with van der Waals surface area (Å²) in [5.41, 5.74) is 1.16. The summed E-state index contributed by atoms with van der Waals surface area (Å²) >= 11 is 0. The van der Waals surface area contributed by atoms with Gasteiger partial charge in [-0.1, -0.05) is 25.0 Å². The molecule has 1 amide bonds. The van der Waals surface area contributed by atoms with E-state index in [2.05, 4.69) is 0 Å². The first-order valence-corrected chi connectivity index (χ1v) is 11.9. The van der Waals surface area contributed by atoms with Crippen LogP contribution in [0.15, 0.2) is 24.3 Å². The molecule has 192 valence electrons. The summed E-state index contributed by atoms with van der Waals surface area (Å²) in [6, 6.07) is 7.43. The molecule has 2 rings (SSSR count). The van der Waals surface area contributed by atoms with Crippen LogP contribution in [0.1, 0.15) is 38.2 Å². The average molecular weight is 483 g/mol. The monoisotopic (exact) mass is 482 g/mol. The first kappa shape index (κ1) is 27.8. The summed E-state index contributed by atoms with van der Waals surface area (Å²) < 4.78 is 11.3. The Bertz CT molecular complexity index is 772. The fourth-order valence-corrected chi connectivity index (χ4v) is 4.48. The number of benzene rings is 1. The second-order valence-corrected chi connectivity index (χ2v) is 9.63. The molecule has 10 nitrogen and oxygen atoms in total. The van der Waals surface area contributed by atoms with E-state index in [0.29, 0.717) is 49.3 Å². The lowest BCUT2D eigenvalue weighted by Gasteiger charge is -2.40. The number of quaternary nitrogens is 1. The quantitative estimate of drug-likeness (QED) is 0.245. The lowest BCUT2D eigenvalue weighted by molar-refractivity contribution is -0.892. The highest BCUT2D eigenvalue weighted by atomic mass is 17.0. The Kier molecular flexibility index (Phi) is 11.0. The van der Waals surface area contributed by atoms with Crippen molar-refractivity contribution in [3.63, 3.8) is 0 Å². The highest BCUT2D eigenvalue weighted by Gasteiger charge is 2.35. The molecule has 3 unspecified atom stereocenters. The topological polar surface area (TPSA) is 111 Å². The molecule has 1 aromatic carbocycles. The van der Waals surface area contributed by atoms with Gasteiger partial charge in [-0.2, -0.15) is 0 Å². The number of rotatable bonds is 14. The smallest absolute Gasteiger partial charge is 0.294 e. The Morgan fingerprint density at radius 3 is 2.56 bits per heavy atom. The number of aliphatic hydroxyl groups is 1. The third-order valence-corrected chi connectivity index (χ3v) is 6.31. The molecule has 1 aromatic rings. The van der Waals surface area contributed by atoms with E-state index < -0.39 is 17.3 Å². The van der Waals surface area contributed by atoms with Gasteiger partial charge in [0.25, 0.3) is 5.09 Å². The zero-order valence-electron chi connectivity index (χ0n) is 20.9. The van der Waals surface area contributed by atoms with E-state index in [-0.39, 0.29) is 18.6 Å². The Hall–Kier alpha value is -2.43. The number of ether oxygens (including phenoxy) is 2. The van der Waals surface area contributed by atoms with E-state index >= 15 is 0 Å². The number of aliphatic hydroxyl groups excluding tert-OH is 1. The Morgan fingerprint density at radius 2 is 1.94 bits per heavy atom. The van der Waals surface area contributed by atoms with Crippen molar-refractivity contribution in [2.75, 3.05) is 54.1 Å². The van der Waals surface area contributed by atoms with E-state index in [9.17, 15) is 20.0 Å². The van der Waals surface area contributed by atoms with Gasteiger partial charge in [0, 0.05) is 14.0 Å². The molecule has 3 atom stereocenters. The molecule has 1 saturated carbocycles. The van der Waals surface area contributed by atoms with Gasteiger partial charge in [-0.3, -0.25) is 4.79 Å². The molecule has 1 aliphatic rings. The zero-order chi connectivity index (χ0) is 25.1. The third-order valence-electron chi connectivity index (χ3n) is 6.31. The first-order valence-electron chi connectivity index (χ1n) is 11.9. The van der Waals surface area contributed by atoms with Crippen LogP contribution < -0.4 is 4.74 Å². The van der Waals surface area contributed by atoms with Crippen LogP contribution in [-0.4, -0.2) is 97.8 Å². The number of nitrogens with zero attached hydrogens (tertiary/aromatic N) is 3. The number of hydrogen-bond acceptors (Lipinski definition) is 7. The second-order valence-electron chi connectivity index (χ2n) is 9.63. The molecule has 1 N–H and O–H groups in total. The molecule has 0 radical (unpaired) electrons. The van der Waals surface area contributed by atoms with Gasteiger partial charge in [-0.05, 0) is 37.0 Å². The molecular formula is C24H40N3O7+. The van der Waals surface area contributed by atoms with Crippen molar-refractivity contribution >= 4 is 5.91 Å². The molecule has 0 saturated heterocycles. The summed E-state index contributed by atoms with van der Waals surface area (Å²) in [7, 11) is 5.64. The summed E-state index contributed by atoms with van der Waals surface area (Å²) in [4.78, 5) is 29.9. The van der Waals surface area contributed by atoms with E-state index in [0.717, 1.165) is 24.8 Å².